The largest absolute Gasteiger partial charge is 0.399 e. The number of hydrogen-bond acceptors (Lipinski definition) is 3. The number of thioether (sulfide) groups is 1. The third kappa shape index (κ3) is 4.04. The van der Waals surface area contributed by atoms with E-state index in [9.17, 15) is 0 Å². The Morgan fingerprint density at radius 3 is 2.73 bits per heavy atom. The third-order valence-corrected chi connectivity index (χ3v) is 2.89. The van der Waals surface area contributed by atoms with Gasteiger partial charge < -0.3 is 10.6 Å². The van der Waals surface area contributed by atoms with Crippen LogP contribution in [-0.4, -0.2) is 25.1 Å². The fourth-order valence-corrected chi connectivity index (χ4v) is 1.97. The summed E-state index contributed by atoms with van der Waals surface area (Å²) >= 11 is 1.88. The first-order chi connectivity index (χ1) is 7.27. The Morgan fingerprint density at radius 1 is 1.33 bits per heavy atom. The van der Waals surface area contributed by atoms with E-state index >= 15 is 0 Å². The van der Waals surface area contributed by atoms with Gasteiger partial charge in [-0.1, -0.05) is 13.0 Å². The molecule has 0 amide bonds. The summed E-state index contributed by atoms with van der Waals surface area (Å²) in [5.74, 6) is 1.16. The van der Waals surface area contributed by atoms with Crippen molar-refractivity contribution in [2.24, 2.45) is 0 Å². The van der Waals surface area contributed by atoms with Crippen LogP contribution in [0.1, 0.15) is 13.3 Å². The molecular formula is C12H20N2S. The first kappa shape index (κ1) is 12.2. The van der Waals surface area contributed by atoms with E-state index in [4.69, 9.17) is 5.73 Å². The van der Waals surface area contributed by atoms with Gasteiger partial charge in [0.05, 0.1) is 0 Å². The van der Waals surface area contributed by atoms with Crippen molar-refractivity contribution in [2.75, 3.05) is 35.7 Å². The van der Waals surface area contributed by atoms with Gasteiger partial charge in [-0.05, 0) is 30.9 Å². The van der Waals surface area contributed by atoms with Crippen molar-refractivity contribution < 1.29 is 0 Å². The molecule has 0 unspecified atom stereocenters. The van der Waals surface area contributed by atoms with Gasteiger partial charge in [0.25, 0.3) is 0 Å². The lowest BCUT2D eigenvalue weighted by molar-refractivity contribution is 0.796. The molecule has 0 atom stereocenters. The molecule has 0 aliphatic rings. The molecular weight excluding hydrogens is 204 g/mol. The Morgan fingerprint density at radius 2 is 2.13 bits per heavy atom. The van der Waals surface area contributed by atoms with Gasteiger partial charge in [0.1, 0.15) is 0 Å². The number of nitrogens with zero attached hydrogens (tertiary/aromatic N) is 1. The topological polar surface area (TPSA) is 29.3 Å². The van der Waals surface area contributed by atoms with Crippen molar-refractivity contribution >= 4 is 23.1 Å². The van der Waals surface area contributed by atoms with E-state index in [1.807, 2.05) is 23.9 Å². The van der Waals surface area contributed by atoms with Gasteiger partial charge in [0, 0.05) is 30.2 Å². The Kier molecular flexibility index (Phi) is 5.40. The summed E-state index contributed by atoms with van der Waals surface area (Å²) < 4.78 is 0. The van der Waals surface area contributed by atoms with Crippen molar-refractivity contribution in [1.82, 2.24) is 0 Å². The summed E-state index contributed by atoms with van der Waals surface area (Å²) in [5.41, 5.74) is 7.88. The Labute approximate surface area is 96.8 Å². The van der Waals surface area contributed by atoms with Gasteiger partial charge in [0.2, 0.25) is 0 Å². The fourth-order valence-electron chi connectivity index (χ4n) is 1.56. The molecule has 84 valence electrons. The van der Waals surface area contributed by atoms with Gasteiger partial charge >= 0.3 is 0 Å². The van der Waals surface area contributed by atoms with Gasteiger partial charge in [0.15, 0.2) is 0 Å². The standard InChI is InChI=1S/C12H20N2S/c1-3-7-14(8-9-15-2)12-6-4-5-11(13)10-12/h4-6,10H,3,7-9,13H2,1-2H3. The van der Waals surface area contributed by atoms with Crippen molar-refractivity contribution in [2.45, 2.75) is 13.3 Å². The molecule has 0 bridgehead atoms. The maximum Gasteiger partial charge on any atom is 0.0387 e. The van der Waals surface area contributed by atoms with Crippen LogP contribution in [0.2, 0.25) is 0 Å². The molecule has 0 heterocycles. The predicted octanol–water partition coefficient (Wildman–Crippen LogP) is 2.85. The van der Waals surface area contributed by atoms with Crippen LogP contribution in [0.15, 0.2) is 24.3 Å². The molecule has 0 spiro atoms. The summed E-state index contributed by atoms with van der Waals surface area (Å²) in [4.78, 5) is 2.40. The van der Waals surface area contributed by atoms with Crippen molar-refractivity contribution in [3.8, 4) is 0 Å². The highest BCUT2D eigenvalue weighted by Crippen LogP contribution is 2.18. The summed E-state index contributed by atoms with van der Waals surface area (Å²) in [5, 5.41) is 0. The molecule has 0 saturated carbocycles. The average Bonchev–Trinajstić information content (AvgIpc) is 2.24. The molecule has 1 aromatic rings. The van der Waals surface area contributed by atoms with Gasteiger partial charge in [-0.25, -0.2) is 0 Å². The number of hydrogen-bond donors (Lipinski definition) is 1. The summed E-state index contributed by atoms with van der Waals surface area (Å²) in [6.07, 6.45) is 3.31. The van der Waals surface area contributed by atoms with Crippen molar-refractivity contribution in [3.05, 3.63) is 24.3 Å². The van der Waals surface area contributed by atoms with Crippen LogP contribution >= 0.6 is 11.8 Å². The zero-order valence-corrected chi connectivity index (χ0v) is 10.4. The smallest absolute Gasteiger partial charge is 0.0387 e. The number of anilines is 2. The number of benzene rings is 1. The molecule has 0 aliphatic heterocycles. The van der Waals surface area contributed by atoms with E-state index in [1.54, 1.807) is 0 Å². The van der Waals surface area contributed by atoms with E-state index in [2.05, 4.69) is 30.2 Å². The Bertz CT molecular complexity index is 289. The van der Waals surface area contributed by atoms with Gasteiger partial charge in [-0.15, -0.1) is 0 Å². The summed E-state index contributed by atoms with van der Waals surface area (Å²) in [6, 6.07) is 8.14. The second-order valence-electron chi connectivity index (χ2n) is 3.57. The maximum absolute atomic E-state index is 5.79. The fraction of sp³-hybridized carbons (Fsp3) is 0.500. The van der Waals surface area contributed by atoms with Crippen molar-refractivity contribution in [3.63, 3.8) is 0 Å². The highest BCUT2D eigenvalue weighted by molar-refractivity contribution is 7.98. The van der Waals surface area contributed by atoms with E-state index in [0.29, 0.717) is 0 Å². The highest BCUT2D eigenvalue weighted by atomic mass is 32.2. The molecule has 2 nitrogen and oxygen atoms in total. The monoisotopic (exact) mass is 224 g/mol. The molecule has 0 radical (unpaired) electrons. The minimum Gasteiger partial charge on any atom is -0.399 e. The molecule has 1 rings (SSSR count). The number of nitrogens with two attached hydrogens (primary N) is 1. The first-order valence-electron chi connectivity index (χ1n) is 5.37. The Hall–Kier alpha value is -0.830. The van der Waals surface area contributed by atoms with Crippen LogP contribution < -0.4 is 10.6 Å². The lowest BCUT2D eigenvalue weighted by atomic mass is 10.2. The van der Waals surface area contributed by atoms with Crippen molar-refractivity contribution in [1.29, 1.82) is 0 Å². The number of rotatable bonds is 6. The van der Waals surface area contributed by atoms with Crippen LogP contribution in [0.25, 0.3) is 0 Å². The van der Waals surface area contributed by atoms with E-state index < -0.39 is 0 Å². The van der Waals surface area contributed by atoms with Crippen LogP contribution in [-0.2, 0) is 0 Å². The molecule has 0 aliphatic carbocycles. The average molecular weight is 224 g/mol. The molecule has 0 saturated heterocycles. The molecule has 0 aromatic heterocycles. The highest BCUT2D eigenvalue weighted by Gasteiger charge is 2.04. The third-order valence-electron chi connectivity index (χ3n) is 2.29. The van der Waals surface area contributed by atoms with E-state index in [-0.39, 0.29) is 0 Å². The molecule has 15 heavy (non-hydrogen) atoms. The quantitative estimate of drug-likeness (QED) is 0.753. The zero-order chi connectivity index (χ0) is 11.1. The van der Waals surface area contributed by atoms with Crippen LogP contribution in [0.5, 0.6) is 0 Å². The lowest BCUT2D eigenvalue weighted by Gasteiger charge is -2.24. The van der Waals surface area contributed by atoms with Crippen LogP contribution in [0.3, 0.4) is 0 Å². The SMILES string of the molecule is CCCN(CCSC)c1cccc(N)c1. The first-order valence-corrected chi connectivity index (χ1v) is 6.76. The number of nitrogen functional groups attached to an aromatic ring is 1. The van der Waals surface area contributed by atoms with Crippen LogP contribution in [0, 0.1) is 0 Å². The minimum absolute atomic E-state index is 0.845. The van der Waals surface area contributed by atoms with E-state index in [1.165, 1.54) is 12.1 Å². The van der Waals surface area contributed by atoms with Crippen LogP contribution in [0.4, 0.5) is 11.4 Å². The molecule has 2 N–H and O–H groups in total. The molecule has 3 heteroatoms. The lowest BCUT2D eigenvalue weighted by Crippen LogP contribution is -2.26. The Balaban J connectivity index is 2.69. The second kappa shape index (κ2) is 6.62. The second-order valence-corrected chi connectivity index (χ2v) is 4.56. The predicted molar refractivity (Wildman–Crippen MR) is 71.7 cm³/mol. The normalized spacial score (nSPS) is 10.3. The maximum atomic E-state index is 5.79. The summed E-state index contributed by atoms with van der Waals surface area (Å²) in [6.45, 7) is 4.40. The van der Waals surface area contributed by atoms with Gasteiger partial charge in [-0.3, -0.25) is 0 Å². The molecule has 1 aromatic carbocycles. The zero-order valence-electron chi connectivity index (χ0n) is 9.57. The summed E-state index contributed by atoms with van der Waals surface area (Å²) in [7, 11) is 0. The minimum atomic E-state index is 0.845. The van der Waals surface area contributed by atoms with Gasteiger partial charge in [-0.2, -0.15) is 11.8 Å². The molecule has 0 fully saturated rings. The van der Waals surface area contributed by atoms with E-state index in [0.717, 1.165) is 24.5 Å².